The molecule has 0 radical (unpaired) electrons. The van der Waals surface area contributed by atoms with Gasteiger partial charge in [0.2, 0.25) is 0 Å². The lowest BCUT2D eigenvalue weighted by Crippen LogP contribution is -2.28. The van der Waals surface area contributed by atoms with Crippen LogP contribution in [0.1, 0.15) is 26.3 Å². The Labute approximate surface area is 155 Å². The summed E-state index contributed by atoms with van der Waals surface area (Å²) < 4.78 is 45.1. The van der Waals surface area contributed by atoms with E-state index in [0.717, 1.165) is 29.9 Å². The van der Waals surface area contributed by atoms with Crippen molar-refractivity contribution in [1.29, 1.82) is 0 Å². The van der Waals surface area contributed by atoms with Crippen LogP contribution in [0.25, 0.3) is 16.6 Å². The van der Waals surface area contributed by atoms with Gasteiger partial charge >= 0.3 is 12.1 Å². The molecule has 0 amide bonds. The molecule has 0 aliphatic heterocycles. The number of aromatic nitrogens is 1. The van der Waals surface area contributed by atoms with Crippen molar-refractivity contribution in [3.05, 3.63) is 69.5 Å². The van der Waals surface area contributed by atoms with Crippen molar-refractivity contribution in [2.45, 2.75) is 6.18 Å². The Bertz CT molecular complexity index is 1150. The van der Waals surface area contributed by atoms with E-state index < -0.39 is 28.8 Å². The first-order chi connectivity index (χ1) is 13.2. The minimum Gasteiger partial charge on any atom is -0.465 e. The van der Waals surface area contributed by atoms with Crippen LogP contribution in [-0.2, 0) is 10.9 Å². The van der Waals surface area contributed by atoms with Crippen molar-refractivity contribution in [2.24, 2.45) is 0 Å². The lowest BCUT2D eigenvalue weighted by atomic mass is 10.0. The van der Waals surface area contributed by atoms with E-state index in [1.54, 1.807) is 0 Å². The number of benzene rings is 2. The van der Waals surface area contributed by atoms with Crippen LogP contribution >= 0.6 is 0 Å². The Hall–Kier alpha value is -3.62. The number of anilines is 1. The molecule has 0 spiro atoms. The molecule has 0 saturated carbocycles. The number of carbonyl (C=O) groups is 2. The van der Waals surface area contributed by atoms with Crippen LogP contribution in [0.2, 0.25) is 0 Å². The molecule has 2 aromatic carbocycles. The summed E-state index contributed by atoms with van der Waals surface area (Å²) in [7, 11) is 1.06. The summed E-state index contributed by atoms with van der Waals surface area (Å²) in [5.74, 6) is -1.01. The minimum absolute atomic E-state index is 0.0764. The summed E-state index contributed by atoms with van der Waals surface area (Å²) in [6.07, 6.45) is -4.07. The molecule has 0 unspecified atom stereocenters. The van der Waals surface area contributed by atoms with Gasteiger partial charge in [0, 0.05) is 16.6 Å². The number of ether oxygens (including phenoxy) is 1. The molecule has 2 N–H and O–H groups in total. The zero-order valence-electron chi connectivity index (χ0n) is 14.4. The predicted molar refractivity (Wildman–Crippen MR) is 95.7 cm³/mol. The zero-order chi connectivity index (χ0) is 20.6. The Morgan fingerprint density at radius 1 is 1.14 bits per heavy atom. The number of fused-ring (bicyclic) bond motifs is 1. The lowest BCUT2D eigenvalue weighted by molar-refractivity contribution is -0.137. The van der Waals surface area contributed by atoms with Crippen LogP contribution in [0.15, 0.2) is 47.3 Å². The number of halogens is 3. The lowest BCUT2D eigenvalue weighted by Gasteiger charge is -2.17. The second kappa shape index (κ2) is 6.84. The quantitative estimate of drug-likeness (QED) is 0.548. The first-order valence-corrected chi connectivity index (χ1v) is 7.88. The Balaban J connectivity index is 2.47. The third-order valence-corrected chi connectivity index (χ3v) is 4.22. The number of nitrogen functional groups attached to an aromatic ring is 1. The average Bonchev–Trinajstić information content (AvgIpc) is 2.67. The number of carbonyl (C=O) groups excluding carboxylic acids is 2. The summed E-state index contributed by atoms with van der Waals surface area (Å²) in [5, 5.41) is 0.0764. The number of methoxy groups -OCH3 is 1. The molecule has 144 valence electrons. The van der Waals surface area contributed by atoms with Crippen molar-refractivity contribution in [3.63, 3.8) is 0 Å². The van der Waals surface area contributed by atoms with Gasteiger partial charge in [-0.25, -0.2) is 4.79 Å². The van der Waals surface area contributed by atoms with Gasteiger partial charge in [-0.2, -0.15) is 13.2 Å². The van der Waals surface area contributed by atoms with Crippen LogP contribution < -0.4 is 11.3 Å². The van der Waals surface area contributed by atoms with Crippen LogP contribution in [0.3, 0.4) is 0 Å². The van der Waals surface area contributed by atoms with Gasteiger partial charge in [0.15, 0.2) is 0 Å². The van der Waals surface area contributed by atoms with E-state index in [1.165, 1.54) is 24.3 Å². The van der Waals surface area contributed by atoms with E-state index in [-0.39, 0.29) is 22.3 Å². The number of pyridine rings is 1. The predicted octanol–water partition coefficient (Wildman–Crippen LogP) is 3.19. The highest BCUT2D eigenvalue weighted by atomic mass is 19.4. The van der Waals surface area contributed by atoms with Gasteiger partial charge < -0.3 is 10.5 Å². The molecule has 28 heavy (non-hydrogen) atoms. The van der Waals surface area contributed by atoms with Crippen LogP contribution in [-0.4, -0.2) is 23.9 Å². The fraction of sp³-hybridized carbons (Fsp3) is 0.105. The molecule has 0 fully saturated rings. The van der Waals surface area contributed by atoms with Crippen LogP contribution in [0, 0.1) is 0 Å². The highest BCUT2D eigenvalue weighted by Gasteiger charge is 2.32. The monoisotopic (exact) mass is 390 g/mol. The number of nitrogens with zero attached hydrogens (tertiary/aromatic N) is 1. The normalized spacial score (nSPS) is 11.4. The van der Waals surface area contributed by atoms with E-state index in [0.29, 0.717) is 11.8 Å². The Kier molecular flexibility index (Phi) is 4.68. The first-order valence-electron chi connectivity index (χ1n) is 7.88. The van der Waals surface area contributed by atoms with E-state index in [1.807, 2.05) is 0 Å². The first kappa shape index (κ1) is 19.2. The molecule has 1 heterocycles. The molecule has 0 saturated heterocycles. The molecule has 1 aromatic heterocycles. The minimum atomic E-state index is -4.65. The number of rotatable bonds is 3. The maximum atomic E-state index is 13.2. The number of nitrogens with two attached hydrogens (primary N) is 1. The van der Waals surface area contributed by atoms with Gasteiger partial charge in [0.1, 0.15) is 11.8 Å². The van der Waals surface area contributed by atoms with Gasteiger partial charge in [-0.3, -0.25) is 14.2 Å². The SMILES string of the molecule is COC(=O)c1c(N)c2ccc(C(F)(F)F)cc2n(-c2ccc(C=O)cc2)c1=O. The zero-order valence-corrected chi connectivity index (χ0v) is 14.4. The molecule has 9 heteroatoms. The summed E-state index contributed by atoms with van der Waals surface area (Å²) in [6.45, 7) is 0. The third-order valence-electron chi connectivity index (χ3n) is 4.22. The molecule has 0 aliphatic rings. The highest BCUT2D eigenvalue weighted by Crippen LogP contribution is 2.33. The largest absolute Gasteiger partial charge is 0.465 e. The van der Waals surface area contributed by atoms with Gasteiger partial charge in [0.25, 0.3) is 5.56 Å². The van der Waals surface area contributed by atoms with Gasteiger partial charge in [-0.05, 0) is 36.4 Å². The molecule has 0 atom stereocenters. The molecule has 0 bridgehead atoms. The standard InChI is InChI=1S/C19H13F3N2O4/c1-28-18(27)15-16(23)13-7-4-11(19(20,21)22)8-14(13)24(17(15)26)12-5-2-10(9-25)3-6-12/h2-9H,23H2,1H3. The second-order valence-corrected chi connectivity index (χ2v) is 5.86. The number of aldehydes is 1. The van der Waals surface area contributed by atoms with Crippen molar-refractivity contribution in [3.8, 4) is 5.69 Å². The molecule has 3 rings (SSSR count). The number of hydrogen-bond acceptors (Lipinski definition) is 5. The molecule has 3 aromatic rings. The number of esters is 1. The smallest absolute Gasteiger partial charge is 0.416 e. The van der Waals surface area contributed by atoms with Crippen molar-refractivity contribution in [1.82, 2.24) is 4.57 Å². The molecular weight excluding hydrogens is 377 g/mol. The van der Waals surface area contributed by atoms with Crippen molar-refractivity contribution >= 4 is 28.8 Å². The fourth-order valence-electron chi connectivity index (χ4n) is 2.85. The van der Waals surface area contributed by atoms with Crippen LogP contribution in [0.5, 0.6) is 0 Å². The summed E-state index contributed by atoms with van der Waals surface area (Å²) in [4.78, 5) is 35.9. The van der Waals surface area contributed by atoms with Crippen LogP contribution in [0.4, 0.5) is 18.9 Å². The van der Waals surface area contributed by atoms with Gasteiger partial charge in [-0.15, -0.1) is 0 Å². The number of hydrogen-bond donors (Lipinski definition) is 1. The maximum Gasteiger partial charge on any atom is 0.416 e. The van der Waals surface area contributed by atoms with E-state index in [2.05, 4.69) is 4.74 Å². The average molecular weight is 390 g/mol. The van der Waals surface area contributed by atoms with Crippen molar-refractivity contribution in [2.75, 3.05) is 12.8 Å². The third kappa shape index (κ3) is 3.11. The van der Waals surface area contributed by atoms with Gasteiger partial charge in [-0.1, -0.05) is 6.07 Å². The van der Waals surface area contributed by atoms with Crippen molar-refractivity contribution < 1.29 is 27.5 Å². The van der Waals surface area contributed by atoms with E-state index >= 15 is 0 Å². The maximum absolute atomic E-state index is 13.2. The molecular formula is C19H13F3N2O4. The Morgan fingerprint density at radius 3 is 2.32 bits per heavy atom. The summed E-state index contributed by atoms with van der Waals surface area (Å²) in [6, 6.07) is 8.22. The highest BCUT2D eigenvalue weighted by molar-refractivity contribution is 6.04. The van der Waals surface area contributed by atoms with E-state index in [9.17, 15) is 27.6 Å². The van der Waals surface area contributed by atoms with E-state index in [4.69, 9.17) is 5.73 Å². The number of alkyl halides is 3. The molecule has 0 aliphatic carbocycles. The fourth-order valence-corrected chi connectivity index (χ4v) is 2.85. The topological polar surface area (TPSA) is 91.4 Å². The summed E-state index contributed by atoms with van der Waals surface area (Å²) >= 11 is 0. The summed E-state index contributed by atoms with van der Waals surface area (Å²) in [5.41, 5.74) is 3.55. The Morgan fingerprint density at radius 2 is 1.79 bits per heavy atom. The van der Waals surface area contributed by atoms with Gasteiger partial charge in [0.05, 0.1) is 23.9 Å². The molecule has 6 nitrogen and oxygen atoms in total. The second-order valence-electron chi connectivity index (χ2n) is 5.86.